The van der Waals surface area contributed by atoms with Gasteiger partial charge in [-0.1, -0.05) is 54.4 Å². The highest BCUT2D eigenvalue weighted by Crippen LogP contribution is 2.00. The minimum absolute atomic E-state index is 0.783. The molecule has 18 heavy (non-hydrogen) atoms. The van der Waals surface area contributed by atoms with Gasteiger partial charge in [-0.25, -0.2) is 0 Å². The van der Waals surface area contributed by atoms with Crippen molar-refractivity contribution in [3.05, 3.63) is 0 Å². The van der Waals surface area contributed by atoms with Gasteiger partial charge in [0.1, 0.15) is 0 Å². The first-order valence-electron chi connectivity index (χ1n) is 8.01. The van der Waals surface area contributed by atoms with Crippen molar-refractivity contribution in [1.29, 1.82) is 0 Å². The number of hydrogen-bond acceptors (Lipinski definition) is 2. The predicted molar refractivity (Wildman–Crippen MR) is 85.3 cm³/mol. The van der Waals surface area contributed by atoms with E-state index in [1.165, 1.54) is 52.0 Å². The molecule has 0 radical (unpaired) electrons. The third-order valence-corrected chi connectivity index (χ3v) is 3.01. The van der Waals surface area contributed by atoms with E-state index in [0.717, 1.165) is 5.92 Å². The van der Waals surface area contributed by atoms with E-state index < -0.39 is 0 Å². The quantitative estimate of drug-likeness (QED) is 0.544. The van der Waals surface area contributed by atoms with Crippen molar-refractivity contribution in [2.75, 3.05) is 39.8 Å². The second-order valence-corrected chi connectivity index (χ2v) is 5.30. The summed E-state index contributed by atoms with van der Waals surface area (Å²) >= 11 is 0. The van der Waals surface area contributed by atoms with Crippen LogP contribution >= 0.6 is 0 Å². The van der Waals surface area contributed by atoms with Crippen molar-refractivity contribution in [1.82, 2.24) is 9.80 Å². The molecule has 0 saturated heterocycles. The Bertz CT molecular complexity index is 146. The molecule has 0 aromatic rings. The number of rotatable bonds is 10. The standard InChI is InChI=1S/C14H32N2.C2H6/c1-6-8-9-10-15(5)11-12-16(7-2)13-14(3)4;1-2/h14H,6-13H2,1-5H3;1-2H3. The first-order chi connectivity index (χ1) is 8.60. The minimum atomic E-state index is 0.783. The highest BCUT2D eigenvalue weighted by atomic mass is 15.2. The van der Waals surface area contributed by atoms with E-state index in [1.807, 2.05) is 13.8 Å². The van der Waals surface area contributed by atoms with Gasteiger partial charge in [0.15, 0.2) is 0 Å². The minimum Gasteiger partial charge on any atom is -0.305 e. The van der Waals surface area contributed by atoms with Gasteiger partial charge < -0.3 is 9.80 Å². The summed E-state index contributed by atoms with van der Waals surface area (Å²) in [6, 6.07) is 0. The van der Waals surface area contributed by atoms with Gasteiger partial charge in [0.2, 0.25) is 0 Å². The van der Waals surface area contributed by atoms with E-state index in [0.29, 0.717) is 0 Å². The number of likely N-dealkylation sites (N-methyl/N-ethyl adjacent to an activating group) is 2. The van der Waals surface area contributed by atoms with Crippen molar-refractivity contribution in [2.45, 2.75) is 60.8 Å². The summed E-state index contributed by atoms with van der Waals surface area (Å²) in [5.41, 5.74) is 0. The molecule has 0 bridgehead atoms. The molecular weight excluding hydrogens is 220 g/mol. The van der Waals surface area contributed by atoms with Gasteiger partial charge in [0.05, 0.1) is 0 Å². The molecule has 0 N–H and O–H groups in total. The van der Waals surface area contributed by atoms with E-state index in [4.69, 9.17) is 0 Å². The maximum atomic E-state index is 2.56. The molecule has 0 aliphatic heterocycles. The number of unbranched alkanes of at least 4 members (excludes halogenated alkanes) is 2. The molecule has 0 spiro atoms. The number of nitrogens with zero attached hydrogens (tertiary/aromatic N) is 2. The van der Waals surface area contributed by atoms with E-state index >= 15 is 0 Å². The van der Waals surface area contributed by atoms with Crippen molar-refractivity contribution in [3.63, 3.8) is 0 Å². The van der Waals surface area contributed by atoms with Gasteiger partial charge in [-0.15, -0.1) is 0 Å². The van der Waals surface area contributed by atoms with Crippen LogP contribution in [0, 0.1) is 5.92 Å². The fraction of sp³-hybridized carbons (Fsp3) is 1.00. The van der Waals surface area contributed by atoms with Gasteiger partial charge >= 0.3 is 0 Å². The van der Waals surface area contributed by atoms with Gasteiger partial charge in [0, 0.05) is 19.6 Å². The Labute approximate surface area is 117 Å². The molecule has 0 aromatic heterocycles. The van der Waals surface area contributed by atoms with Gasteiger partial charge in [-0.3, -0.25) is 0 Å². The molecule has 0 amide bonds. The maximum absolute atomic E-state index is 2.56. The Balaban J connectivity index is 0. The topological polar surface area (TPSA) is 6.48 Å². The SMILES string of the molecule is CC.CCCCCN(C)CCN(CC)CC(C)C. The predicted octanol–water partition coefficient (Wildman–Crippen LogP) is 4.11. The molecule has 0 heterocycles. The van der Waals surface area contributed by atoms with Crippen LogP contribution in [0.4, 0.5) is 0 Å². The first-order valence-corrected chi connectivity index (χ1v) is 8.01. The average molecular weight is 258 g/mol. The zero-order valence-electron chi connectivity index (χ0n) is 14.1. The zero-order chi connectivity index (χ0) is 14.4. The molecule has 2 nitrogen and oxygen atoms in total. The maximum Gasteiger partial charge on any atom is 0.0109 e. The smallest absolute Gasteiger partial charge is 0.0109 e. The Kier molecular flexibility index (Phi) is 16.8. The van der Waals surface area contributed by atoms with E-state index in [9.17, 15) is 0 Å². The molecule has 0 aliphatic rings. The van der Waals surface area contributed by atoms with Crippen molar-refractivity contribution in [3.8, 4) is 0 Å². The molecule has 0 atom stereocenters. The summed E-state index contributed by atoms with van der Waals surface area (Å²) in [6.45, 7) is 19.2. The summed E-state index contributed by atoms with van der Waals surface area (Å²) in [5.74, 6) is 0.783. The summed E-state index contributed by atoms with van der Waals surface area (Å²) < 4.78 is 0. The molecule has 0 rings (SSSR count). The van der Waals surface area contributed by atoms with Gasteiger partial charge in [-0.05, 0) is 32.5 Å². The lowest BCUT2D eigenvalue weighted by atomic mass is 10.2. The lowest BCUT2D eigenvalue weighted by molar-refractivity contribution is 0.213. The van der Waals surface area contributed by atoms with Crippen LogP contribution in [-0.2, 0) is 0 Å². The fourth-order valence-corrected chi connectivity index (χ4v) is 1.95. The molecule has 112 valence electrons. The summed E-state index contributed by atoms with van der Waals surface area (Å²) in [5, 5.41) is 0. The summed E-state index contributed by atoms with van der Waals surface area (Å²) in [6.07, 6.45) is 4.04. The first kappa shape index (κ1) is 20.2. The lowest BCUT2D eigenvalue weighted by Gasteiger charge is -2.25. The van der Waals surface area contributed by atoms with Crippen LogP contribution in [0.1, 0.15) is 60.8 Å². The lowest BCUT2D eigenvalue weighted by Crippen LogP contribution is -2.35. The van der Waals surface area contributed by atoms with Crippen LogP contribution in [-0.4, -0.2) is 49.6 Å². The normalized spacial score (nSPS) is 11.0. The van der Waals surface area contributed by atoms with E-state index in [2.05, 4.69) is 44.5 Å². The van der Waals surface area contributed by atoms with Gasteiger partial charge in [0.25, 0.3) is 0 Å². The Morgan fingerprint density at radius 2 is 1.50 bits per heavy atom. The molecule has 0 unspecified atom stereocenters. The van der Waals surface area contributed by atoms with Crippen LogP contribution in [0.5, 0.6) is 0 Å². The van der Waals surface area contributed by atoms with Crippen LogP contribution in [0.25, 0.3) is 0 Å². The second kappa shape index (κ2) is 15.0. The molecule has 2 heteroatoms. The molecule has 0 saturated carbocycles. The van der Waals surface area contributed by atoms with Crippen molar-refractivity contribution >= 4 is 0 Å². The third-order valence-electron chi connectivity index (χ3n) is 3.01. The van der Waals surface area contributed by atoms with Crippen LogP contribution in [0.3, 0.4) is 0 Å². The fourth-order valence-electron chi connectivity index (χ4n) is 1.95. The van der Waals surface area contributed by atoms with Crippen LogP contribution < -0.4 is 0 Å². The third kappa shape index (κ3) is 14.0. The molecule has 0 fully saturated rings. The largest absolute Gasteiger partial charge is 0.305 e. The Morgan fingerprint density at radius 3 is 1.94 bits per heavy atom. The summed E-state index contributed by atoms with van der Waals surface area (Å²) in [7, 11) is 2.25. The monoisotopic (exact) mass is 258 g/mol. The van der Waals surface area contributed by atoms with Crippen molar-refractivity contribution in [2.24, 2.45) is 5.92 Å². The molecule has 0 aromatic carbocycles. The highest BCUT2D eigenvalue weighted by Gasteiger charge is 2.06. The van der Waals surface area contributed by atoms with E-state index in [1.54, 1.807) is 0 Å². The average Bonchev–Trinajstić information content (AvgIpc) is 2.36. The number of hydrogen-bond donors (Lipinski definition) is 0. The zero-order valence-corrected chi connectivity index (χ0v) is 14.1. The second-order valence-electron chi connectivity index (χ2n) is 5.30. The highest BCUT2D eigenvalue weighted by molar-refractivity contribution is 4.61. The summed E-state index contributed by atoms with van der Waals surface area (Å²) in [4.78, 5) is 5.03. The van der Waals surface area contributed by atoms with Crippen molar-refractivity contribution < 1.29 is 0 Å². The van der Waals surface area contributed by atoms with Crippen LogP contribution in [0.15, 0.2) is 0 Å². The Morgan fingerprint density at radius 1 is 0.889 bits per heavy atom. The van der Waals surface area contributed by atoms with Gasteiger partial charge in [-0.2, -0.15) is 0 Å². The molecular formula is C16H38N2. The van der Waals surface area contributed by atoms with E-state index in [-0.39, 0.29) is 0 Å². The Hall–Kier alpha value is -0.0800. The molecule has 0 aliphatic carbocycles. The van der Waals surface area contributed by atoms with Crippen LogP contribution in [0.2, 0.25) is 0 Å².